The number of rotatable bonds is 4. The molecule has 1 saturated heterocycles. The molecule has 1 aromatic heterocycles. The molecule has 0 unspecified atom stereocenters. The molecule has 0 radical (unpaired) electrons. The predicted octanol–water partition coefficient (Wildman–Crippen LogP) is 3.55. The van der Waals surface area contributed by atoms with E-state index >= 15 is 0 Å². The summed E-state index contributed by atoms with van der Waals surface area (Å²) in [5.74, 6) is 2.67. The molecule has 0 spiro atoms. The topological polar surface area (TPSA) is 29.9 Å². The highest BCUT2D eigenvalue weighted by atomic mass is 15.1. The van der Waals surface area contributed by atoms with E-state index in [1.54, 1.807) is 0 Å². The van der Waals surface area contributed by atoms with Crippen LogP contribution in [0.3, 0.4) is 0 Å². The summed E-state index contributed by atoms with van der Waals surface area (Å²) in [5, 5.41) is 3.45. The Kier molecular flexibility index (Phi) is 4.06. The molecule has 1 aliphatic heterocycles. The highest BCUT2D eigenvalue weighted by molar-refractivity contribution is 5.76. The molecule has 1 aromatic carbocycles. The van der Waals surface area contributed by atoms with Crippen molar-refractivity contribution in [1.82, 2.24) is 14.9 Å². The molecule has 1 N–H and O–H groups in total. The van der Waals surface area contributed by atoms with Crippen molar-refractivity contribution in [2.75, 3.05) is 13.1 Å². The summed E-state index contributed by atoms with van der Waals surface area (Å²) < 4.78 is 2.48. The molecule has 0 aliphatic carbocycles. The van der Waals surface area contributed by atoms with E-state index in [9.17, 15) is 0 Å². The van der Waals surface area contributed by atoms with Crippen molar-refractivity contribution in [3.63, 3.8) is 0 Å². The van der Waals surface area contributed by atoms with Gasteiger partial charge in [-0.25, -0.2) is 4.98 Å². The summed E-state index contributed by atoms with van der Waals surface area (Å²) in [4.78, 5) is 4.95. The highest BCUT2D eigenvalue weighted by Gasteiger charge is 2.22. The number of aryl methyl sites for hydroxylation is 1. The lowest BCUT2D eigenvalue weighted by Gasteiger charge is -2.23. The molecule has 3 rings (SSSR count). The largest absolute Gasteiger partial charge is 0.328 e. The fourth-order valence-corrected chi connectivity index (χ4v) is 3.11. The number of fused-ring (bicyclic) bond motifs is 1. The van der Waals surface area contributed by atoms with E-state index in [1.807, 2.05) is 0 Å². The lowest BCUT2D eigenvalue weighted by atomic mass is 9.97. The van der Waals surface area contributed by atoms with E-state index in [4.69, 9.17) is 4.98 Å². The van der Waals surface area contributed by atoms with Crippen LogP contribution in [-0.2, 0) is 6.54 Å². The summed E-state index contributed by atoms with van der Waals surface area (Å²) >= 11 is 0. The van der Waals surface area contributed by atoms with Gasteiger partial charge in [-0.15, -0.1) is 0 Å². The Labute approximate surface area is 121 Å². The fourth-order valence-electron chi connectivity index (χ4n) is 3.11. The van der Waals surface area contributed by atoms with Crippen LogP contribution in [0.5, 0.6) is 0 Å². The van der Waals surface area contributed by atoms with Gasteiger partial charge in [0.1, 0.15) is 5.82 Å². The van der Waals surface area contributed by atoms with Crippen LogP contribution >= 0.6 is 0 Å². The van der Waals surface area contributed by atoms with Gasteiger partial charge in [0.25, 0.3) is 0 Å². The number of hydrogen-bond acceptors (Lipinski definition) is 2. The van der Waals surface area contributed by atoms with Crippen molar-refractivity contribution in [3.05, 3.63) is 30.1 Å². The van der Waals surface area contributed by atoms with Gasteiger partial charge in [-0.3, -0.25) is 0 Å². The van der Waals surface area contributed by atoms with Gasteiger partial charge in [0.15, 0.2) is 0 Å². The van der Waals surface area contributed by atoms with E-state index in [1.165, 1.54) is 30.6 Å². The Bertz CT molecular complexity index is 565. The SMILES string of the molecule is CC(C)CCn1c(C2CCNCC2)nc2ccccc21. The summed E-state index contributed by atoms with van der Waals surface area (Å²) in [6.07, 6.45) is 3.65. The van der Waals surface area contributed by atoms with Crippen molar-refractivity contribution >= 4 is 11.0 Å². The summed E-state index contributed by atoms with van der Waals surface area (Å²) in [7, 11) is 0. The van der Waals surface area contributed by atoms with Crippen molar-refractivity contribution in [1.29, 1.82) is 0 Å². The molecule has 0 amide bonds. The van der Waals surface area contributed by atoms with Crippen LogP contribution in [0.1, 0.15) is 44.9 Å². The van der Waals surface area contributed by atoms with Gasteiger partial charge >= 0.3 is 0 Å². The number of piperidine rings is 1. The number of nitrogens with zero attached hydrogens (tertiary/aromatic N) is 2. The van der Waals surface area contributed by atoms with E-state index in [2.05, 4.69) is 48.0 Å². The Morgan fingerprint density at radius 3 is 2.75 bits per heavy atom. The van der Waals surface area contributed by atoms with Gasteiger partial charge in [0, 0.05) is 12.5 Å². The van der Waals surface area contributed by atoms with Crippen LogP contribution in [-0.4, -0.2) is 22.6 Å². The number of para-hydroxylation sites is 2. The molecular formula is C17H25N3. The first-order chi connectivity index (χ1) is 9.75. The van der Waals surface area contributed by atoms with E-state index < -0.39 is 0 Å². The number of nitrogens with one attached hydrogen (secondary N) is 1. The minimum absolute atomic E-state index is 0.621. The minimum atomic E-state index is 0.621. The minimum Gasteiger partial charge on any atom is -0.328 e. The van der Waals surface area contributed by atoms with Gasteiger partial charge in [-0.05, 0) is 50.4 Å². The molecule has 0 saturated carbocycles. The average Bonchev–Trinajstić information content (AvgIpc) is 2.84. The maximum absolute atomic E-state index is 4.95. The Balaban J connectivity index is 1.97. The molecule has 1 aliphatic rings. The molecule has 20 heavy (non-hydrogen) atoms. The standard InChI is InChI=1S/C17H25N3/c1-13(2)9-12-20-16-6-4-3-5-15(16)19-17(20)14-7-10-18-11-8-14/h3-6,13-14,18H,7-12H2,1-2H3. The second kappa shape index (κ2) is 5.96. The van der Waals surface area contributed by atoms with Crippen LogP contribution in [0.25, 0.3) is 11.0 Å². The number of imidazole rings is 1. The maximum Gasteiger partial charge on any atom is 0.113 e. The highest BCUT2D eigenvalue weighted by Crippen LogP contribution is 2.28. The number of benzene rings is 1. The third-order valence-corrected chi connectivity index (χ3v) is 4.32. The Morgan fingerprint density at radius 2 is 2.00 bits per heavy atom. The van der Waals surface area contributed by atoms with Crippen molar-refractivity contribution < 1.29 is 0 Å². The predicted molar refractivity (Wildman–Crippen MR) is 84.0 cm³/mol. The first-order valence-electron chi connectivity index (χ1n) is 7.91. The van der Waals surface area contributed by atoms with Gasteiger partial charge in [-0.2, -0.15) is 0 Å². The second-order valence-corrected chi connectivity index (χ2v) is 6.32. The monoisotopic (exact) mass is 271 g/mol. The number of hydrogen-bond donors (Lipinski definition) is 1. The molecule has 0 atom stereocenters. The first-order valence-corrected chi connectivity index (χ1v) is 7.91. The second-order valence-electron chi connectivity index (χ2n) is 6.32. The molecule has 108 valence electrons. The van der Waals surface area contributed by atoms with E-state index in [-0.39, 0.29) is 0 Å². The van der Waals surface area contributed by atoms with Crippen molar-refractivity contribution in [2.24, 2.45) is 5.92 Å². The summed E-state index contributed by atoms with van der Waals surface area (Å²) in [5.41, 5.74) is 2.46. The summed E-state index contributed by atoms with van der Waals surface area (Å²) in [6, 6.07) is 8.58. The third kappa shape index (κ3) is 2.73. The Morgan fingerprint density at radius 1 is 1.25 bits per heavy atom. The zero-order chi connectivity index (χ0) is 13.9. The zero-order valence-electron chi connectivity index (χ0n) is 12.6. The van der Waals surface area contributed by atoms with Gasteiger partial charge in [0.05, 0.1) is 11.0 Å². The normalized spacial score (nSPS) is 17.1. The quantitative estimate of drug-likeness (QED) is 0.921. The Hall–Kier alpha value is -1.35. The van der Waals surface area contributed by atoms with Gasteiger partial charge in [0.2, 0.25) is 0 Å². The molecule has 2 heterocycles. The molecular weight excluding hydrogens is 246 g/mol. The molecule has 0 bridgehead atoms. The van der Waals surface area contributed by atoms with E-state index in [0.717, 1.165) is 31.1 Å². The van der Waals surface area contributed by atoms with Crippen LogP contribution < -0.4 is 5.32 Å². The molecule has 1 fully saturated rings. The number of aromatic nitrogens is 2. The maximum atomic E-state index is 4.95. The zero-order valence-corrected chi connectivity index (χ0v) is 12.6. The molecule has 3 nitrogen and oxygen atoms in total. The lowest BCUT2D eigenvalue weighted by Crippen LogP contribution is -2.28. The van der Waals surface area contributed by atoms with Crippen LogP contribution in [0.4, 0.5) is 0 Å². The molecule has 3 heteroatoms. The van der Waals surface area contributed by atoms with Crippen LogP contribution in [0.15, 0.2) is 24.3 Å². The van der Waals surface area contributed by atoms with E-state index in [0.29, 0.717) is 5.92 Å². The first kappa shape index (κ1) is 13.6. The fraction of sp³-hybridized carbons (Fsp3) is 0.588. The van der Waals surface area contributed by atoms with Gasteiger partial charge in [-0.1, -0.05) is 26.0 Å². The average molecular weight is 271 g/mol. The summed E-state index contributed by atoms with van der Waals surface area (Å²) in [6.45, 7) is 7.93. The molecule has 2 aromatic rings. The van der Waals surface area contributed by atoms with Crippen molar-refractivity contribution in [3.8, 4) is 0 Å². The van der Waals surface area contributed by atoms with Gasteiger partial charge < -0.3 is 9.88 Å². The third-order valence-electron chi connectivity index (χ3n) is 4.32. The lowest BCUT2D eigenvalue weighted by molar-refractivity contribution is 0.422. The van der Waals surface area contributed by atoms with Crippen LogP contribution in [0.2, 0.25) is 0 Å². The smallest absolute Gasteiger partial charge is 0.113 e. The van der Waals surface area contributed by atoms with Crippen LogP contribution in [0, 0.1) is 5.92 Å². The van der Waals surface area contributed by atoms with Crippen molar-refractivity contribution in [2.45, 2.75) is 45.6 Å².